The topological polar surface area (TPSA) is 49.4 Å². The number of hydrogen-bond acceptors (Lipinski definition) is 2. The zero-order valence-corrected chi connectivity index (χ0v) is 12.7. The molecule has 1 aromatic rings. The molecule has 0 saturated carbocycles. The van der Waals surface area contributed by atoms with Crippen LogP contribution in [-0.4, -0.2) is 36.3 Å². The first kappa shape index (κ1) is 17.3. The van der Waals surface area contributed by atoms with Crippen molar-refractivity contribution in [2.75, 3.05) is 19.6 Å². The first-order chi connectivity index (χ1) is 10.9. The summed E-state index contributed by atoms with van der Waals surface area (Å²) in [6, 6.07) is 4.57. The van der Waals surface area contributed by atoms with E-state index in [9.17, 15) is 22.8 Å². The molecule has 1 aromatic carbocycles. The fourth-order valence-corrected chi connectivity index (χ4v) is 2.50. The molecular formula is C16H19F3N2O2. The van der Waals surface area contributed by atoms with Crippen LogP contribution in [0.2, 0.25) is 0 Å². The third kappa shape index (κ3) is 5.26. The third-order valence-corrected chi connectivity index (χ3v) is 3.74. The second kappa shape index (κ2) is 7.48. The van der Waals surface area contributed by atoms with E-state index in [1.807, 2.05) is 0 Å². The summed E-state index contributed by atoms with van der Waals surface area (Å²) in [5, 5.41) is 2.72. The van der Waals surface area contributed by atoms with Gasteiger partial charge in [-0.15, -0.1) is 0 Å². The van der Waals surface area contributed by atoms with Crippen LogP contribution < -0.4 is 5.32 Å². The molecule has 0 atom stereocenters. The van der Waals surface area contributed by atoms with Crippen LogP contribution in [0.15, 0.2) is 24.3 Å². The van der Waals surface area contributed by atoms with Gasteiger partial charge in [-0.25, -0.2) is 0 Å². The minimum atomic E-state index is -4.37. The van der Waals surface area contributed by atoms with Crippen LogP contribution in [-0.2, 0) is 22.2 Å². The van der Waals surface area contributed by atoms with E-state index in [1.165, 1.54) is 12.1 Å². The van der Waals surface area contributed by atoms with Crippen LogP contribution in [0, 0.1) is 0 Å². The third-order valence-electron chi connectivity index (χ3n) is 3.74. The minimum absolute atomic E-state index is 0.0424. The Kier molecular flexibility index (Phi) is 5.63. The van der Waals surface area contributed by atoms with Crippen LogP contribution in [0.1, 0.15) is 30.4 Å². The Labute approximate surface area is 132 Å². The molecule has 1 fully saturated rings. The van der Waals surface area contributed by atoms with Crippen molar-refractivity contribution >= 4 is 11.8 Å². The molecule has 2 rings (SSSR count). The van der Waals surface area contributed by atoms with E-state index < -0.39 is 11.7 Å². The number of rotatable bonds is 6. The molecule has 1 N–H and O–H groups in total. The standard InChI is InChI=1S/C16H19F3N2O2/c17-16(18,19)13-6-4-12(5-7-13)11-14(22)20-8-2-10-21-9-1-3-15(21)23/h4-7H,1-3,8-11H2,(H,20,22). The van der Waals surface area contributed by atoms with E-state index in [4.69, 9.17) is 0 Å². The van der Waals surface area contributed by atoms with Crippen LogP contribution in [0.25, 0.3) is 0 Å². The molecule has 1 aliphatic heterocycles. The van der Waals surface area contributed by atoms with Crippen molar-refractivity contribution in [1.82, 2.24) is 10.2 Å². The van der Waals surface area contributed by atoms with Gasteiger partial charge in [0.15, 0.2) is 0 Å². The summed E-state index contributed by atoms with van der Waals surface area (Å²) in [5.74, 6) is -0.0846. The Balaban J connectivity index is 1.69. The van der Waals surface area contributed by atoms with Crippen molar-refractivity contribution in [3.05, 3.63) is 35.4 Å². The zero-order valence-electron chi connectivity index (χ0n) is 12.7. The summed E-state index contributed by atoms with van der Waals surface area (Å²) in [7, 11) is 0. The monoisotopic (exact) mass is 328 g/mol. The molecule has 0 radical (unpaired) electrons. The van der Waals surface area contributed by atoms with E-state index in [0.29, 0.717) is 31.5 Å². The van der Waals surface area contributed by atoms with Crippen molar-refractivity contribution in [3.8, 4) is 0 Å². The maximum Gasteiger partial charge on any atom is 0.416 e. The van der Waals surface area contributed by atoms with Crippen LogP contribution in [0.5, 0.6) is 0 Å². The number of carbonyl (C=O) groups is 2. The summed E-state index contributed by atoms with van der Waals surface area (Å²) >= 11 is 0. The van der Waals surface area contributed by atoms with E-state index in [0.717, 1.165) is 25.1 Å². The highest BCUT2D eigenvalue weighted by atomic mass is 19.4. The number of halogens is 3. The number of amides is 2. The SMILES string of the molecule is O=C(Cc1ccc(C(F)(F)F)cc1)NCCCN1CCCC1=O. The lowest BCUT2D eigenvalue weighted by Gasteiger charge is -2.15. The van der Waals surface area contributed by atoms with Crippen LogP contribution >= 0.6 is 0 Å². The summed E-state index contributed by atoms with van der Waals surface area (Å²) < 4.78 is 37.3. The predicted octanol–water partition coefficient (Wildman–Crippen LogP) is 2.38. The van der Waals surface area contributed by atoms with Gasteiger partial charge in [0.2, 0.25) is 11.8 Å². The van der Waals surface area contributed by atoms with Crippen LogP contribution in [0.4, 0.5) is 13.2 Å². The van der Waals surface area contributed by atoms with E-state index >= 15 is 0 Å². The molecule has 0 aromatic heterocycles. The van der Waals surface area contributed by atoms with Crippen molar-refractivity contribution in [1.29, 1.82) is 0 Å². The van der Waals surface area contributed by atoms with Gasteiger partial charge in [0.05, 0.1) is 12.0 Å². The van der Waals surface area contributed by atoms with E-state index in [2.05, 4.69) is 5.32 Å². The number of alkyl halides is 3. The molecule has 1 heterocycles. The lowest BCUT2D eigenvalue weighted by atomic mass is 10.1. The molecule has 7 heteroatoms. The largest absolute Gasteiger partial charge is 0.416 e. The zero-order chi connectivity index (χ0) is 16.9. The van der Waals surface area contributed by atoms with Gasteiger partial charge in [0.1, 0.15) is 0 Å². The quantitative estimate of drug-likeness (QED) is 0.815. The van der Waals surface area contributed by atoms with Crippen molar-refractivity contribution < 1.29 is 22.8 Å². The minimum Gasteiger partial charge on any atom is -0.356 e. The van der Waals surface area contributed by atoms with Gasteiger partial charge in [-0.3, -0.25) is 9.59 Å². The average molecular weight is 328 g/mol. The Morgan fingerprint density at radius 3 is 2.48 bits per heavy atom. The Bertz CT molecular complexity index is 555. The van der Waals surface area contributed by atoms with Gasteiger partial charge >= 0.3 is 6.18 Å². The van der Waals surface area contributed by atoms with E-state index in [1.54, 1.807) is 4.90 Å². The Morgan fingerprint density at radius 2 is 1.91 bits per heavy atom. The van der Waals surface area contributed by atoms with Gasteiger partial charge in [0.25, 0.3) is 0 Å². The maximum absolute atomic E-state index is 12.4. The van der Waals surface area contributed by atoms with E-state index in [-0.39, 0.29) is 18.2 Å². The number of nitrogens with zero attached hydrogens (tertiary/aromatic N) is 1. The predicted molar refractivity (Wildman–Crippen MR) is 78.6 cm³/mol. The van der Waals surface area contributed by atoms with Crippen LogP contribution in [0.3, 0.4) is 0 Å². The second-order valence-corrected chi connectivity index (χ2v) is 5.56. The Hall–Kier alpha value is -2.05. The molecule has 2 amide bonds. The lowest BCUT2D eigenvalue weighted by Crippen LogP contribution is -2.31. The van der Waals surface area contributed by atoms with Crippen molar-refractivity contribution in [2.45, 2.75) is 31.9 Å². The highest BCUT2D eigenvalue weighted by Gasteiger charge is 2.29. The molecule has 4 nitrogen and oxygen atoms in total. The molecule has 0 spiro atoms. The fourth-order valence-electron chi connectivity index (χ4n) is 2.50. The molecule has 0 bridgehead atoms. The van der Waals surface area contributed by atoms with Crippen molar-refractivity contribution in [2.24, 2.45) is 0 Å². The first-order valence-corrected chi connectivity index (χ1v) is 7.57. The molecule has 126 valence electrons. The first-order valence-electron chi connectivity index (χ1n) is 7.57. The van der Waals surface area contributed by atoms with Gasteiger partial charge in [-0.1, -0.05) is 12.1 Å². The number of likely N-dealkylation sites (tertiary alicyclic amines) is 1. The number of hydrogen-bond donors (Lipinski definition) is 1. The number of carbonyl (C=O) groups excluding carboxylic acids is 2. The maximum atomic E-state index is 12.4. The summed E-state index contributed by atoms with van der Waals surface area (Å²) in [5.41, 5.74) is -0.192. The highest BCUT2D eigenvalue weighted by molar-refractivity contribution is 5.79. The summed E-state index contributed by atoms with van der Waals surface area (Å²) in [6.07, 6.45) is -2.17. The lowest BCUT2D eigenvalue weighted by molar-refractivity contribution is -0.137. The van der Waals surface area contributed by atoms with Gasteiger partial charge in [0, 0.05) is 26.1 Å². The fraction of sp³-hybridized carbons (Fsp3) is 0.500. The molecular weight excluding hydrogens is 309 g/mol. The second-order valence-electron chi connectivity index (χ2n) is 5.56. The molecule has 0 aliphatic carbocycles. The molecule has 0 unspecified atom stereocenters. The summed E-state index contributed by atoms with van der Waals surface area (Å²) in [4.78, 5) is 24.9. The summed E-state index contributed by atoms with van der Waals surface area (Å²) in [6.45, 7) is 1.85. The average Bonchev–Trinajstić information content (AvgIpc) is 2.89. The Morgan fingerprint density at radius 1 is 1.22 bits per heavy atom. The number of nitrogens with one attached hydrogen (secondary N) is 1. The number of benzene rings is 1. The van der Waals surface area contributed by atoms with Gasteiger partial charge in [-0.05, 0) is 30.5 Å². The van der Waals surface area contributed by atoms with Gasteiger partial charge < -0.3 is 10.2 Å². The molecule has 23 heavy (non-hydrogen) atoms. The normalized spacial score (nSPS) is 15.1. The smallest absolute Gasteiger partial charge is 0.356 e. The highest BCUT2D eigenvalue weighted by Crippen LogP contribution is 2.29. The van der Waals surface area contributed by atoms with Crippen molar-refractivity contribution in [3.63, 3.8) is 0 Å². The molecule has 1 saturated heterocycles. The molecule has 1 aliphatic rings. The van der Waals surface area contributed by atoms with Gasteiger partial charge in [-0.2, -0.15) is 13.2 Å².